The van der Waals surface area contributed by atoms with Crippen molar-refractivity contribution < 1.29 is 9.32 Å². The van der Waals surface area contributed by atoms with E-state index < -0.39 is 0 Å². The van der Waals surface area contributed by atoms with Crippen LogP contribution in [0.15, 0.2) is 4.52 Å². The van der Waals surface area contributed by atoms with Gasteiger partial charge in [-0.25, -0.2) is 0 Å². The highest BCUT2D eigenvalue weighted by Gasteiger charge is 2.23. The zero-order valence-electron chi connectivity index (χ0n) is 10.5. The monoisotopic (exact) mass is 237 g/mol. The van der Waals surface area contributed by atoms with Gasteiger partial charge in [-0.1, -0.05) is 19.0 Å². The highest BCUT2D eigenvalue weighted by Crippen LogP contribution is 2.21. The minimum atomic E-state index is 0.193. The zero-order valence-corrected chi connectivity index (χ0v) is 10.5. The molecule has 0 aromatic carbocycles. The molecule has 1 amide bonds. The second-order valence-electron chi connectivity index (χ2n) is 4.48. The molecule has 0 radical (unpaired) electrons. The third-order valence-corrected chi connectivity index (χ3v) is 3.32. The molecule has 0 saturated carbocycles. The van der Waals surface area contributed by atoms with E-state index in [-0.39, 0.29) is 5.91 Å². The van der Waals surface area contributed by atoms with Crippen LogP contribution in [0.25, 0.3) is 0 Å². The SMILES string of the molecule is CCC(CC)c1nc(CN2CCCC2=O)no1. The third-order valence-electron chi connectivity index (χ3n) is 3.32. The maximum Gasteiger partial charge on any atom is 0.229 e. The van der Waals surface area contributed by atoms with Gasteiger partial charge in [-0.15, -0.1) is 0 Å². The molecule has 0 unspecified atom stereocenters. The quantitative estimate of drug-likeness (QED) is 0.786. The van der Waals surface area contributed by atoms with E-state index in [1.807, 2.05) is 0 Å². The fourth-order valence-electron chi connectivity index (χ4n) is 2.18. The Morgan fingerprint density at radius 2 is 2.18 bits per heavy atom. The van der Waals surface area contributed by atoms with Crippen molar-refractivity contribution in [2.75, 3.05) is 6.54 Å². The normalized spacial score (nSPS) is 16.2. The van der Waals surface area contributed by atoms with E-state index in [9.17, 15) is 4.79 Å². The molecule has 0 aliphatic carbocycles. The number of hydrogen-bond donors (Lipinski definition) is 0. The molecule has 0 spiro atoms. The van der Waals surface area contributed by atoms with Gasteiger partial charge in [0.2, 0.25) is 11.8 Å². The molecule has 1 saturated heterocycles. The van der Waals surface area contributed by atoms with Crippen LogP contribution in [0.4, 0.5) is 0 Å². The van der Waals surface area contributed by atoms with Gasteiger partial charge in [-0.2, -0.15) is 4.98 Å². The fraction of sp³-hybridized carbons (Fsp3) is 0.750. The standard InChI is InChI=1S/C12H19N3O2/c1-3-9(4-2)12-13-10(14-17-12)8-15-7-5-6-11(15)16/h9H,3-8H2,1-2H3. The minimum Gasteiger partial charge on any atom is -0.339 e. The number of carbonyl (C=O) groups excluding carboxylic acids is 1. The first-order valence-corrected chi connectivity index (χ1v) is 6.34. The summed E-state index contributed by atoms with van der Waals surface area (Å²) >= 11 is 0. The molecule has 1 aromatic rings. The van der Waals surface area contributed by atoms with E-state index in [1.54, 1.807) is 4.90 Å². The first-order valence-electron chi connectivity index (χ1n) is 6.34. The highest BCUT2D eigenvalue weighted by molar-refractivity contribution is 5.77. The van der Waals surface area contributed by atoms with E-state index in [4.69, 9.17) is 4.52 Å². The van der Waals surface area contributed by atoms with Crippen LogP contribution in [0.2, 0.25) is 0 Å². The van der Waals surface area contributed by atoms with Gasteiger partial charge in [0.15, 0.2) is 5.82 Å². The van der Waals surface area contributed by atoms with Crippen LogP contribution in [-0.2, 0) is 11.3 Å². The Hall–Kier alpha value is -1.39. The molecule has 2 heterocycles. The van der Waals surface area contributed by atoms with Crippen LogP contribution in [0, 0.1) is 0 Å². The van der Waals surface area contributed by atoms with Crippen molar-refractivity contribution in [3.8, 4) is 0 Å². The van der Waals surface area contributed by atoms with Crippen molar-refractivity contribution in [3.63, 3.8) is 0 Å². The fourth-order valence-corrected chi connectivity index (χ4v) is 2.18. The lowest BCUT2D eigenvalue weighted by molar-refractivity contribution is -0.128. The molecule has 1 aliphatic heterocycles. The summed E-state index contributed by atoms with van der Waals surface area (Å²) in [6.07, 6.45) is 3.59. The van der Waals surface area contributed by atoms with E-state index in [2.05, 4.69) is 24.0 Å². The Kier molecular flexibility index (Phi) is 3.76. The molecule has 1 aromatic heterocycles. The molecule has 5 heteroatoms. The van der Waals surface area contributed by atoms with Gasteiger partial charge in [-0.05, 0) is 19.3 Å². The summed E-state index contributed by atoms with van der Waals surface area (Å²) in [5.41, 5.74) is 0. The average molecular weight is 237 g/mol. The van der Waals surface area contributed by atoms with Crippen LogP contribution < -0.4 is 0 Å². The van der Waals surface area contributed by atoms with Crippen molar-refractivity contribution in [2.24, 2.45) is 0 Å². The molecular formula is C12H19N3O2. The van der Waals surface area contributed by atoms with E-state index in [1.165, 1.54) is 0 Å². The molecule has 1 aliphatic rings. The number of carbonyl (C=O) groups is 1. The molecule has 1 fully saturated rings. The number of rotatable bonds is 5. The topological polar surface area (TPSA) is 59.2 Å². The van der Waals surface area contributed by atoms with Crippen molar-refractivity contribution in [1.29, 1.82) is 0 Å². The first kappa shape index (κ1) is 12.1. The van der Waals surface area contributed by atoms with Gasteiger partial charge in [0.05, 0.1) is 6.54 Å². The van der Waals surface area contributed by atoms with Crippen LogP contribution in [0.3, 0.4) is 0 Å². The first-order chi connectivity index (χ1) is 8.24. The molecule has 2 rings (SSSR count). The van der Waals surface area contributed by atoms with Gasteiger partial charge in [0.1, 0.15) is 0 Å². The molecule has 0 N–H and O–H groups in total. The van der Waals surface area contributed by atoms with Gasteiger partial charge in [-0.3, -0.25) is 4.79 Å². The Morgan fingerprint density at radius 3 is 2.76 bits per heavy atom. The lowest BCUT2D eigenvalue weighted by atomic mass is 10.0. The minimum absolute atomic E-state index is 0.193. The summed E-state index contributed by atoms with van der Waals surface area (Å²) < 4.78 is 5.26. The van der Waals surface area contributed by atoms with Crippen molar-refractivity contribution in [2.45, 2.75) is 52.0 Å². The van der Waals surface area contributed by atoms with Crippen molar-refractivity contribution >= 4 is 5.91 Å². The summed E-state index contributed by atoms with van der Waals surface area (Å²) in [6, 6.07) is 0. The maximum absolute atomic E-state index is 11.5. The molecule has 0 atom stereocenters. The Labute approximate surface area is 101 Å². The third kappa shape index (κ3) is 2.65. The van der Waals surface area contributed by atoms with Crippen LogP contribution in [-0.4, -0.2) is 27.5 Å². The Bertz CT molecular complexity index is 385. The van der Waals surface area contributed by atoms with Crippen LogP contribution in [0.5, 0.6) is 0 Å². The van der Waals surface area contributed by atoms with E-state index in [0.717, 1.165) is 25.8 Å². The number of hydrogen-bond acceptors (Lipinski definition) is 4. The summed E-state index contributed by atoms with van der Waals surface area (Å²) in [4.78, 5) is 17.6. The van der Waals surface area contributed by atoms with Crippen molar-refractivity contribution in [3.05, 3.63) is 11.7 Å². The molecule has 17 heavy (non-hydrogen) atoms. The number of amides is 1. The maximum atomic E-state index is 11.5. The smallest absolute Gasteiger partial charge is 0.229 e. The Balaban J connectivity index is 2.00. The summed E-state index contributed by atoms with van der Waals surface area (Å²) in [7, 11) is 0. The lowest BCUT2D eigenvalue weighted by Crippen LogP contribution is -2.24. The second kappa shape index (κ2) is 5.29. The average Bonchev–Trinajstić information content (AvgIpc) is 2.92. The number of nitrogens with zero attached hydrogens (tertiary/aromatic N) is 3. The predicted octanol–water partition coefficient (Wildman–Crippen LogP) is 2.10. The second-order valence-corrected chi connectivity index (χ2v) is 4.48. The molecule has 5 nitrogen and oxygen atoms in total. The largest absolute Gasteiger partial charge is 0.339 e. The summed E-state index contributed by atoms with van der Waals surface area (Å²) in [5.74, 6) is 1.86. The molecule has 94 valence electrons. The Morgan fingerprint density at radius 1 is 1.41 bits per heavy atom. The summed E-state index contributed by atoms with van der Waals surface area (Å²) in [5, 5.41) is 3.95. The highest BCUT2D eigenvalue weighted by atomic mass is 16.5. The predicted molar refractivity (Wildman–Crippen MR) is 62.3 cm³/mol. The molecular weight excluding hydrogens is 218 g/mol. The lowest BCUT2D eigenvalue weighted by Gasteiger charge is -2.11. The number of likely N-dealkylation sites (tertiary alicyclic amines) is 1. The van der Waals surface area contributed by atoms with Crippen molar-refractivity contribution in [1.82, 2.24) is 15.0 Å². The summed E-state index contributed by atoms with van der Waals surface area (Å²) in [6.45, 7) is 5.53. The van der Waals surface area contributed by atoms with Gasteiger partial charge >= 0.3 is 0 Å². The van der Waals surface area contributed by atoms with E-state index >= 15 is 0 Å². The van der Waals surface area contributed by atoms with Crippen LogP contribution >= 0.6 is 0 Å². The molecule has 0 bridgehead atoms. The zero-order chi connectivity index (χ0) is 12.3. The van der Waals surface area contributed by atoms with Gasteiger partial charge in [0, 0.05) is 18.9 Å². The number of aromatic nitrogens is 2. The van der Waals surface area contributed by atoms with Gasteiger partial charge in [0.25, 0.3) is 0 Å². The van der Waals surface area contributed by atoms with Gasteiger partial charge < -0.3 is 9.42 Å². The van der Waals surface area contributed by atoms with Crippen LogP contribution in [0.1, 0.15) is 57.2 Å². The van der Waals surface area contributed by atoms with E-state index in [0.29, 0.717) is 30.6 Å².